The quantitative estimate of drug-likeness (QED) is 0.382. The average Bonchev–Trinajstić information content (AvgIpc) is 3.41. The van der Waals surface area contributed by atoms with Crippen molar-refractivity contribution in [3.8, 4) is 0 Å². The monoisotopic (exact) mass is 584 g/mol. The van der Waals surface area contributed by atoms with Crippen molar-refractivity contribution in [3.05, 3.63) is 71.2 Å². The van der Waals surface area contributed by atoms with Gasteiger partial charge in [0.25, 0.3) is 5.91 Å². The third-order valence-electron chi connectivity index (χ3n) is 7.77. The van der Waals surface area contributed by atoms with E-state index in [0.29, 0.717) is 56.1 Å². The largest absolute Gasteiger partial charge is 0.389 e. The normalized spacial score (nSPS) is 16.6. The van der Waals surface area contributed by atoms with Gasteiger partial charge in [0.15, 0.2) is 11.5 Å². The lowest BCUT2D eigenvalue weighted by atomic mass is 10.00. The number of hydrogen-bond acceptors (Lipinski definition) is 6. The molecule has 224 valence electrons. The third-order valence-corrected chi connectivity index (χ3v) is 7.77. The summed E-state index contributed by atoms with van der Waals surface area (Å²) in [4.78, 5) is 35.6. The topological polar surface area (TPSA) is 83.3 Å². The SMILES string of the molecule is COCCN1CCN(C(=O)c2ccc(Cc3nc4c(C5=CCN(C(=O)CCC(F)(F)F)CC5)cccn4n3)cc2)CC1. The van der Waals surface area contributed by atoms with Gasteiger partial charge in [-0.1, -0.05) is 18.2 Å². The van der Waals surface area contributed by atoms with Gasteiger partial charge in [-0.05, 0) is 41.8 Å². The number of methoxy groups -OCH3 is 1. The van der Waals surface area contributed by atoms with Crippen LogP contribution in [0.25, 0.3) is 11.2 Å². The molecule has 42 heavy (non-hydrogen) atoms. The van der Waals surface area contributed by atoms with Gasteiger partial charge in [-0.25, -0.2) is 9.50 Å². The maximum absolute atomic E-state index is 13.0. The summed E-state index contributed by atoms with van der Waals surface area (Å²) < 4.78 is 44.4. The van der Waals surface area contributed by atoms with Crippen molar-refractivity contribution < 1.29 is 27.5 Å². The molecule has 1 saturated heterocycles. The summed E-state index contributed by atoms with van der Waals surface area (Å²) in [6.07, 6.45) is -1.25. The summed E-state index contributed by atoms with van der Waals surface area (Å²) in [6, 6.07) is 11.4. The van der Waals surface area contributed by atoms with Crippen molar-refractivity contribution in [2.75, 3.05) is 59.5 Å². The number of rotatable bonds is 9. The summed E-state index contributed by atoms with van der Waals surface area (Å²) >= 11 is 0. The van der Waals surface area contributed by atoms with E-state index in [-0.39, 0.29) is 12.5 Å². The van der Waals surface area contributed by atoms with Gasteiger partial charge in [0.2, 0.25) is 5.91 Å². The summed E-state index contributed by atoms with van der Waals surface area (Å²) in [5.74, 6) is 0.178. The number of pyridine rings is 1. The van der Waals surface area contributed by atoms with Crippen LogP contribution in [0.3, 0.4) is 0 Å². The van der Waals surface area contributed by atoms with Crippen LogP contribution in [0.2, 0.25) is 0 Å². The number of carbonyl (C=O) groups excluding carboxylic acids is 2. The molecule has 12 heteroatoms. The van der Waals surface area contributed by atoms with Crippen LogP contribution in [-0.4, -0.2) is 107 Å². The molecule has 0 spiro atoms. The fourth-order valence-electron chi connectivity index (χ4n) is 5.35. The minimum atomic E-state index is -4.34. The zero-order valence-corrected chi connectivity index (χ0v) is 23.6. The lowest BCUT2D eigenvalue weighted by Gasteiger charge is -2.34. The summed E-state index contributed by atoms with van der Waals surface area (Å²) in [5, 5.41) is 4.63. The lowest BCUT2D eigenvalue weighted by Crippen LogP contribution is -2.49. The Hall–Kier alpha value is -3.77. The minimum Gasteiger partial charge on any atom is -0.383 e. The number of alkyl halides is 3. The number of ether oxygens (including phenoxy) is 1. The summed E-state index contributed by atoms with van der Waals surface area (Å²) in [7, 11) is 1.69. The molecule has 0 aliphatic carbocycles. The van der Waals surface area contributed by atoms with Crippen LogP contribution in [0, 0.1) is 0 Å². The second-order valence-corrected chi connectivity index (χ2v) is 10.7. The van der Waals surface area contributed by atoms with Crippen LogP contribution in [-0.2, 0) is 16.0 Å². The van der Waals surface area contributed by atoms with Crippen LogP contribution in [0.4, 0.5) is 13.2 Å². The third kappa shape index (κ3) is 7.35. The Labute approximate surface area is 242 Å². The number of fused-ring (bicyclic) bond motifs is 1. The first-order chi connectivity index (χ1) is 20.2. The molecular formula is C30H35F3N6O3. The number of nitrogens with zero attached hydrogens (tertiary/aromatic N) is 6. The highest BCUT2D eigenvalue weighted by Gasteiger charge is 2.30. The predicted octanol–water partition coefficient (Wildman–Crippen LogP) is 3.68. The zero-order valence-electron chi connectivity index (χ0n) is 23.6. The lowest BCUT2D eigenvalue weighted by molar-refractivity contribution is -0.148. The molecule has 0 saturated carbocycles. The number of piperazine rings is 1. The van der Waals surface area contributed by atoms with E-state index in [4.69, 9.17) is 9.72 Å². The first-order valence-electron chi connectivity index (χ1n) is 14.2. The molecule has 0 N–H and O–H groups in total. The van der Waals surface area contributed by atoms with Crippen LogP contribution < -0.4 is 0 Å². The van der Waals surface area contributed by atoms with Gasteiger partial charge in [0.1, 0.15) is 0 Å². The molecule has 0 unspecified atom stereocenters. The molecule has 4 heterocycles. The van der Waals surface area contributed by atoms with E-state index in [1.54, 1.807) is 11.6 Å². The molecule has 0 radical (unpaired) electrons. The van der Waals surface area contributed by atoms with Gasteiger partial charge in [-0.15, -0.1) is 0 Å². The van der Waals surface area contributed by atoms with E-state index in [1.165, 1.54) is 4.90 Å². The Kier molecular flexibility index (Phi) is 9.22. The van der Waals surface area contributed by atoms with E-state index in [0.717, 1.165) is 36.3 Å². The molecule has 0 bridgehead atoms. The van der Waals surface area contributed by atoms with Gasteiger partial charge < -0.3 is 14.5 Å². The Morgan fingerprint density at radius 3 is 2.43 bits per heavy atom. The Balaban J connectivity index is 1.20. The van der Waals surface area contributed by atoms with Crippen LogP contribution in [0.5, 0.6) is 0 Å². The van der Waals surface area contributed by atoms with Gasteiger partial charge in [0, 0.05) is 83.1 Å². The highest BCUT2D eigenvalue weighted by molar-refractivity contribution is 5.94. The molecule has 9 nitrogen and oxygen atoms in total. The molecule has 1 aromatic carbocycles. The first-order valence-corrected chi connectivity index (χ1v) is 14.2. The first kappa shape index (κ1) is 29.7. The van der Waals surface area contributed by atoms with Gasteiger partial charge in [-0.2, -0.15) is 18.3 Å². The second kappa shape index (κ2) is 13.0. The van der Waals surface area contributed by atoms with Gasteiger partial charge >= 0.3 is 6.18 Å². The highest BCUT2D eigenvalue weighted by atomic mass is 19.4. The Morgan fingerprint density at radius 2 is 1.76 bits per heavy atom. The number of aromatic nitrogens is 3. The maximum Gasteiger partial charge on any atom is 0.389 e. The molecule has 1 fully saturated rings. The number of hydrogen-bond donors (Lipinski definition) is 0. The number of benzene rings is 1. The molecule has 2 aliphatic heterocycles. The predicted molar refractivity (Wildman–Crippen MR) is 151 cm³/mol. The second-order valence-electron chi connectivity index (χ2n) is 10.7. The Morgan fingerprint density at radius 1 is 1.00 bits per heavy atom. The van der Waals surface area contributed by atoms with Crippen molar-refractivity contribution in [1.29, 1.82) is 0 Å². The number of amides is 2. The Bertz CT molecular complexity index is 1430. The molecule has 2 amide bonds. The van der Waals surface area contributed by atoms with Crippen molar-refractivity contribution in [1.82, 2.24) is 29.3 Å². The van der Waals surface area contributed by atoms with Gasteiger partial charge in [-0.3, -0.25) is 14.5 Å². The smallest absolute Gasteiger partial charge is 0.383 e. The van der Waals surface area contributed by atoms with Crippen molar-refractivity contribution in [3.63, 3.8) is 0 Å². The fraction of sp³-hybridized carbons (Fsp3) is 0.467. The van der Waals surface area contributed by atoms with Crippen LogP contribution in [0.1, 0.15) is 46.6 Å². The van der Waals surface area contributed by atoms with E-state index in [1.807, 2.05) is 53.6 Å². The van der Waals surface area contributed by atoms with Crippen LogP contribution >= 0.6 is 0 Å². The highest BCUT2D eigenvalue weighted by Crippen LogP contribution is 2.27. The standard InChI is InChI=1S/C30H35F3N6O3/c1-42-20-19-36-15-17-38(18-16-36)29(41)24-6-4-22(5-7-24)21-26-34-28-25(3-2-12-39(28)35-26)23-9-13-37(14-10-23)27(40)8-11-30(31,32)33/h2-7,9,12H,8,10-11,13-21H2,1H3. The molecule has 2 aromatic heterocycles. The van der Waals surface area contributed by atoms with E-state index >= 15 is 0 Å². The fourth-order valence-corrected chi connectivity index (χ4v) is 5.35. The van der Waals surface area contributed by atoms with E-state index < -0.39 is 24.9 Å². The van der Waals surface area contributed by atoms with Crippen molar-refractivity contribution >= 4 is 23.0 Å². The average molecular weight is 585 g/mol. The number of carbonyl (C=O) groups is 2. The maximum atomic E-state index is 13.0. The van der Waals surface area contributed by atoms with Crippen molar-refractivity contribution in [2.45, 2.75) is 31.9 Å². The number of halogens is 3. The van der Waals surface area contributed by atoms with E-state index in [9.17, 15) is 22.8 Å². The van der Waals surface area contributed by atoms with E-state index in [2.05, 4.69) is 10.00 Å². The molecule has 5 rings (SSSR count). The zero-order chi connectivity index (χ0) is 29.7. The van der Waals surface area contributed by atoms with Gasteiger partial charge in [0.05, 0.1) is 13.0 Å². The summed E-state index contributed by atoms with van der Waals surface area (Å²) in [6.45, 7) is 5.25. The molecule has 2 aliphatic rings. The molecule has 0 atom stereocenters. The summed E-state index contributed by atoms with van der Waals surface area (Å²) in [5.41, 5.74) is 4.21. The van der Waals surface area contributed by atoms with Crippen molar-refractivity contribution in [2.24, 2.45) is 0 Å². The molecule has 3 aromatic rings. The molecular weight excluding hydrogens is 549 g/mol. The minimum absolute atomic E-state index is 0.0322. The van der Waals surface area contributed by atoms with Crippen LogP contribution in [0.15, 0.2) is 48.7 Å².